The fourth-order valence-corrected chi connectivity index (χ4v) is 2.02. The summed E-state index contributed by atoms with van der Waals surface area (Å²) in [4.78, 5) is 6.27. The van der Waals surface area contributed by atoms with Crippen LogP contribution in [-0.2, 0) is 4.74 Å². The van der Waals surface area contributed by atoms with Crippen molar-refractivity contribution in [3.8, 4) is 0 Å². The Hall–Kier alpha value is -1.62. The summed E-state index contributed by atoms with van der Waals surface area (Å²) < 4.78 is 20.1. The molecule has 3 rings (SSSR count). The standard InChI is InChI=1S/C11H12FN3O/c12-10-8-13-11-9(2-1-3-15(10)11)14-4-6-16-7-5-14/h1-3,8H,4-7H2. The van der Waals surface area contributed by atoms with Crippen LogP contribution in [0.5, 0.6) is 0 Å². The summed E-state index contributed by atoms with van der Waals surface area (Å²) in [5.41, 5.74) is 1.64. The lowest BCUT2D eigenvalue weighted by Gasteiger charge is -2.28. The first kappa shape index (κ1) is 9.59. The van der Waals surface area contributed by atoms with Gasteiger partial charge in [0.2, 0.25) is 5.95 Å². The number of ether oxygens (including phenoxy) is 1. The highest BCUT2D eigenvalue weighted by Crippen LogP contribution is 2.21. The molecule has 4 nitrogen and oxygen atoms in total. The van der Waals surface area contributed by atoms with E-state index in [1.54, 1.807) is 6.20 Å². The Morgan fingerprint density at radius 1 is 1.31 bits per heavy atom. The van der Waals surface area contributed by atoms with Gasteiger partial charge in [-0.1, -0.05) is 0 Å². The van der Waals surface area contributed by atoms with Crippen molar-refractivity contribution < 1.29 is 9.13 Å². The number of anilines is 1. The number of imidazole rings is 1. The Bertz CT molecular complexity index is 505. The summed E-state index contributed by atoms with van der Waals surface area (Å²) in [6.07, 6.45) is 2.93. The number of pyridine rings is 1. The van der Waals surface area contributed by atoms with Crippen molar-refractivity contribution in [1.82, 2.24) is 9.38 Å². The van der Waals surface area contributed by atoms with Gasteiger partial charge in [0.1, 0.15) is 0 Å². The average molecular weight is 221 g/mol. The van der Waals surface area contributed by atoms with Crippen molar-refractivity contribution in [3.63, 3.8) is 0 Å². The second kappa shape index (κ2) is 3.75. The summed E-state index contributed by atoms with van der Waals surface area (Å²) in [5.74, 6) is -0.329. The molecule has 16 heavy (non-hydrogen) atoms. The Balaban J connectivity index is 2.08. The van der Waals surface area contributed by atoms with Gasteiger partial charge in [-0.05, 0) is 12.1 Å². The summed E-state index contributed by atoms with van der Waals surface area (Å²) in [5, 5.41) is 0. The maximum Gasteiger partial charge on any atom is 0.217 e. The van der Waals surface area contributed by atoms with E-state index in [1.807, 2.05) is 12.1 Å². The number of hydrogen-bond acceptors (Lipinski definition) is 3. The molecule has 1 aliphatic heterocycles. The molecule has 0 aromatic carbocycles. The number of nitrogens with zero attached hydrogens (tertiary/aromatic N) is 3. The minimum Gasteiger partial charge on any atom is -0.378 e. The molecule has 0 unspecified atom stereocenters. The quantitative estimate of drug-likeness (QED) is 0.727. The smallest absolute Gasteiger partial charge is 0.217 e. The van der Waals surface area contributed by atoms with E-state index in [2.05, 4.69) is 9.88 Å². The molecule has 1 fully saturated rings. The molecule has 0 spiro atoms. The van der Waals surface area contributed by atoms with Gasteiger partial charge in [-0.2, -0.15) is 4.39 Å². The molecular formula is C11H12FN3O. The van der Waals surface area contributed by atoms with E-state index in [1.165, 1.54) is 10.6 Å². The lowest BCUT2D eigenvalue weighted by Crippen LogP contribution is -2.36. The Labute approximate surface area is 92.3 Å². The fraction of sp³-hybridized carbons (Fsp3) is 0.364. The molecule has 2 aromatic rings. The predicted molar refractivity (Wildman–Crippen MR) is 58.2 cm³/mol. The maximum absolute atomic E-state index is 13.4. The molecule has 1 aliphatic rings. The lowest BCUT2D eigenvalue weighted by atomic mass is 10.3. The van der Waals surface area contributed by atoms with E-state index in [0.717, 1.165) is 18.8 Å². The summed E-state index contributed by atoms with van der Waals surface area (Å²) in [7, 11) is 0. The molecule has 0 saturated carbocycles. The molecule has 0 bridgehead atoms. The number of fused-ring (bicyclic) bond motifs is 1. The van der Waals surface area contributed by atoms with Crippen molar-refractivity contribution in [1.29, 1.82) is 0 Å². The third-order valence-electron chi connectivity index (χ3n) is 2.82. The van der Waals surface area contributed by atoms with E-state index in [4.69, 9.17) is 4.74 Å². The van der Waals surface area contributed by atoms with Crippen LogP contribution in [0, 0.1) is 5.95 Å². The van der Waals surface area contributed by atoms with Crippen LogP contribution >= 0.6 is 0 Å². The SMILES string of the molecule is Fc1cnc2c(N3CCOCC3)cccn12. The largest absolute Gasteiger partial charge is 0.378 e. The Kier molecular flexibility index (Phi) is 2.25. The van der Waals surface area contributed by atoms with Crippen LogP contribution in [0.4, 0.5) is 10.1 Å². The molecule has 1 saturated heterocycles. The molecule has 0 N–H and O–H groups in total. The molecule has 3 heterocycles. The molecule has 5 heteroatoms. The van der Waals surface area contributed by atoms with Gasteiger partial charge in [-0.3, -0.25) is 4.40 Å². The first-order valence-corrected chi connectivity index (χ1v) is 5.30. The molecule has 84 valence electrons. The van der Waals surface area contributed by atoms with Gasteiger partial charge in [-0.25, -0.2) is 4.98 Å². The van der Waals surface area contributed by atoms with Crippen LogP contribution in [0.1, 0.15) is 0 Å². The van der Waals surface area contributed by atoms with E-state index >= 15 is 0 Å². The Morgan fingerprint density at radius 2 is 2.12 bits per heavy atom. The monoisotopic (exact) mass is 221 g/mol. The highest BCUT2D eigenvalue weighted by molar-refractivity contribution is 5.69. The lowest BCUT2D eigenvalue weighted by molar-refractivity contribution is 0.123. The zero-order chi connectivity index (χ0) is 11.0. The average Bonchev–Trinajstić information content (AvgIpc) is 2.73. The molecule has 2 aromatic heterocycles. The highest BCUT2D eigenvalue weighted by atomic mass is 19.1. The summed E-state index contributed by atoms with van der Waals surface area (Å²) in [6, 6.07) is 3.80. The van der Waals surface area contributed by atoms with Crippen LogP contribution < -0.4 is 4.90 Å². The van der Waals surface area contributed by atoms with E-state index in [0.29, 0.717) is 18.9 Å². The summed E-state index contributed by atoms with van der Waals surface area (Å²) in [6.45, 7) is 3.08. The molecule has 0 radical (unpaired) electrons. The second-order valence-electron chi connectivity index (χ2n) is 3.77. The predicted octanol–water partition coefficient (Wildman–Crippen LogP) is 1.31. The highest BCUT2D eigenvalue weighted by Gasteiger charge is 2.15. The van der Waals surface area contributed by atoms with Crippen LogP contribution in [0.3, 0.4) is 0 Å². The molecule has 0 amide bonds. The molecule has 0 aliphatic carbocycles. The topological polar surface area (TPSA) is 29.8 Å². The van der Waals surface area contributed by atoms with E-state index in [-0.39, 0.29) is 5.95 Å². The minimum atomic E-state index is -0.329. The number of halogens is 1. The van der Waals surface area contributed by atoms with Gasteiger partial charge in [-0.15, -0.1) is 0 Å². The van der Waals surface area contributed by atoms with Crippen molar-refractivity contribution in [2.24, 2.45) is 0 Å². The van der Waals surface area contributed by atoms with Crippen LogP contribution in [0.25, 0.3) is 5.65 Å². The zero-order valence-corrected chi connectivity index (χ0v) is 8.77. The third kappa shape index (κ3) is 1.44. The van der Waals surface area contributed by atoms with E-state index < -0.39 is 0 Å². The number of aromatic nitrogens is 2. The minimum absolute atomic E-state index is 0.329. The van der Waals surface area contributed by atoms with Gasteiger partial charge in [0.05, 0.1) is 25.1 Å². The van der Waals surface area contributed by atoms with Gasteiger partial charge in [0.25, 0.3) is 0 Å². The fourth-order valence-electron chi connectivity index (χ4n) is 2.02. The zero-order valence-electron chi connectivity index (χ0n) is 8.77. The summed E-state index contributed by atoms with van der Waals surface area (Å²) >= 11 is 0. The van der Waals surface area contributed by atoms with Crippen molar-refractivity contribution in [3.05, 3.63) is 30.5 Å². The normalized spacial score (nSPS) is 16.9. The first-order chi connectivity index (χ1) is 7.86. The molecular weight excluding hydrogens is 209 g/mol. The van der Waals surface area contributed by atoms with Crippen molar-refractivity contribution in [2.75, 3.05) is 31.2 Å². The third-order valence-corrected chi connectivity index (χ3v) is 2.82. The number of hydrogen-bond donors (Lipinski definition) is 0. The van der Waals surface area contributed by atoms with Crippen LogP contribution in [0.15, 0.2) is 24.5 Å². The number of morpholine rings is 1. The van der Waals surface area contributed by atoms with Gasteiger partial charge in [0, 0.05) is 19.3 Å². The maximum atomic E-state index is 13.4. The van der Waals surface area contributed by atoms with E-state index in [9.17, 15) is 4.39 Å². The van der Waals surface area contributed by atoms with Gasteiger partial charge in [0.15, 0.2) is 5.65 Å². The van der Waals surface area contributed by atoms with Gasteiger partial charge >= 0.3 is 0 Å². The van der Waals surface area contributed by atoms with Crippen LogP contribution in [-0.4, -0.2) is 35.7 Å². The van der Waals surface area contributed by atoms with Crippen molar-refractivity contribution in [2.45, 2.75) is 0 Å². The molecule has 0 atom stereocenters. The second-order valence-corrected chi connectivity index (χ2v) is 3.77. The first-order valence-electron chi connectivity index (χ1n) is 5.30. The number of rotatable bonds is 1. The van der Waals surface area contributed by atoms with Gasteiger partial charge < -0.3 is 9.64 Å². The van der Waals surface area contributed by atoms with Crippen LogP contribution in [0.2, 0.25) is 0 Å². The van der Waals surface area contributed by atoms with Crippen molar-refractivity contribution >= 4 is 11.3 Å². The Morgan fingerprint density at radius 3 is 2.94 bits per heavy atom.